The van der Waals surface area contributed by atoms with Crippen LogP contribution in [0.3, 0.4) is 0 Å². The molecule has 162 valence electrons. The normalized spacial score (nSPS) is 17.5. The molecule has 0 radical (unpaired) electrons. The van der Waals surface area contributed by atoms with Gasteiger partial charge in [-0.15, -0.1) is 0 Å². The molecule has 0 bridgehead atoms. The highest BCUT2D eigenvalue weighted by Crippen LogP contribution is 2.30. The van der Waals surface area contributed by atoms with Crippen molar-refractivity contribution in [3.8, 4) is 5.75 Å². The number of ether oxygens (including phenoxy) is 1. The number of carbonyl (C=O) groups excluding carboxylic acids is 1. The molecule has 1 heterocycles. The Hall–Kier alpha value is -1.80. The Labute approximate surface area is 187 Å². The maximum absolute atomic E-state index is 13.0. The Balaban J connectivity index is 1.60. The van der Waals surface area contributed by atoms with Gasteiger partial charge in [0.05, 0.1) is 22.9 Å². The SMILES string of the molecule is COc1ccc(S(=O)(=O)N2CCCC(C(=O)NCCc3ccc(Cl)cc3)C2)cc1Cl. The van der Waals surface area contributed by atoms with E-state index in [9.17, 15) is 13.2 Å². The maximum atomic E-state index is 13.0. The number of piperidine rings is 1. The Bertz CT molecular complexity index is 997. The molecule has 2 aromatic carbocycles. The lowest BCUT2D eigenvalue weighted by Gasteiger charge is -2.31. The van der Waals surface area contributed by atoms with E-state index in [0.29, 0.717) is 43.1 Å². The van der Waals surface area contributed by atoms with Gasteiger partial charge >= 0.3 is 0 Å². The molecule has 0 spiro atoms. The molecule has 2 aromatic rings. The fourth-order valence-corrected chi connectivity index (χ4v) is 5.46. The van der Waals surface area contributed by atoms with Crippen LogP contribution in [0.15, 0.2) is 47.4 Å². The summed E-state index contributed by atoms with van der Waals surface area (Å²) in [5.74, 6) is -0.101. The molecule has 30 heavy (non-hydrogen) atoms. The summed E-state index contributed by atoms with van der Waals surface area (Å²) < 4.78 is 32.5. The van der Waals surface area contributed by atoms with Gasteiger partial charge in [-0.1, -0.05) is 35.3 Å². The standard InChI is InChI=1S/C21H24Cl2N2O4S/c1-29-20-9-8-18(13-19(20)23)30(27,28)25-12-2-3-16(14-25)21(26)24-11-10-15-4-6-17(22)7-5-15/h4-9,13,16H,2-3,10-12,14H2,1H3,(H,24,26). The zero-order valence-corrected chi connectivity index (χ0v) is 18.9. The summed E-state index contributed by atoms with van der Waals surface area (Å²) in [4.78, 5) is 12.7. The highest BCUT2D eigenvalue weighted by Gasteiger charge is 2.33. The van der Waals surface area contributed by atoms with Gasteiger partial charge in [0.1, 0.15) is 5.75 Å². The largest absolute Gasteiger partial charge is 0.495 e. The van der Waals surface area contributed by atoms with Crippen molar-refractivity contribution in [1.82, 2.24) is 9.62 Å². The van der Waals surface area contributed by atoms with Crippen molar-refractivity contribution < 1.29 is 17.9 Å². The van der Waals surface area contributed by atoms with Crippen molar-refractivity contribution in [3.63, 3.8) is 0 Å². The van der Waals surface area contributed by atoms with Crippen LogP contribution in [-0.2, 0) is 21.2 Å². The van der Waals surface area contributed by atoms with Crippen LogP contribution in [0, 0.1) is 5.92 Å². The van der Waals surface area contributed by atoms with E-state index in [1.54, 1.807) is 0 Å². The van der Waals surface area contributed by atoms with Gasteiger partial charge in [-0.05, 0) is 55.2 Å². The number of halogens is 2. The van der Waals surface area contributed by atoms with Gasteiger partial charge in [-0.2, -0.15) is 4.31 Å². The van der Waals surface area contributed by atoms with Crippen molar-refractivity contribution in [2.75, 3.05) is 26.7 Å². The van der Waals surface area contributed by atoms with Crippen molar-refractivity contribution >= 4 is 39.1 Å². The predicted molar refractivity (Wildman–Crippen MR) is 118 cm³/mol. The van der Waals surface area contributed by atoms with Gasteiger partial charge in [-0.25, -0.2) is 8.42 Å². The van der Waals surface area contributed by atoms with Gasteiger partial charge in [0.25, 0.3) is 0 Å². The highest BCUT2D eigenvalue weighted by atomic mass is 35.5. The van der Waals surface area contributed by atoms with Gasteiger partial charge in [0.2, 0.25) is 15.9 Å². The summed E-state index contributed by atoms with van der Waals surface area (Å²) in [6, 6.07) is 11.8. The fourth-order valence-electron chi connectivity index (χ4n) is 3.46. The molecule has 1 amide bonds. The molecule has 1 aliphatic rings. The molecule has 1 fully saturated rings. The second kappa shape index (κ2) is 10.0. The molecular formula is C21H24Cl2N2O4S. The number of nitrogens with zero attached hydrogens (tertiary/aromatic N) is 1. The Kier molecular flexibility index (Phi) is 7.63. The number of nitrogens with one attached hydrogen (secondary N) is 1. The Morgan fingerprint density at radius 1 is 1.20 bits per heavy atom. The molecule has 1 aliphatic heterocycles. The first-order valence-corrected chi connectivity index (χ1v) is 11.9. The quantitative estimate of drug-likeness (QED) is 0.668. The van der Waals surface area contributed by atoms with Crippen molar-refractivity contribution in [3.05, 3.63) is 58.1 Å². The fraction of sp³-hybridized carbons (Fsp3) is 0.381. The summed E-state index contributed by atoms with van der Waals surface area (Å²) in [5, 5.41) is 3.82. The summed E-state index contributed by atoms with van der Waals surface area (Å²) >= 11 is 12.0. The van der Waals surface area contributed by atoms with Crippen molar-refractivity contribution in [2.45, 2.75) is 24.2 Å². The van der Waals surface area contributed by atoms with Gasteiger partial charge in [-0.3, -0.25) is 4.79 Å². The smallest absolute Gasteiger partial charge is 0.243 e. The molecule has 9 heteroatoms. The number of hydrogen-bond acceptors (Lipinski definition) is 4. The van der Waals surface area contributed by atoms with Crippen LogP contribution >= 0.6 is 23.2 Å². The minimum absolute atomic E-state index is 0.0945. The molecule has 0 aliphatic carbocycles. The van der Waals surface area contributed by atoms with Crippen LogP contribution < -0.4 is 10.1 Å². The van der Waals surface area contributed by atoms with Crippen LogP contribution in [-0.4, -0.2) is 45.4 Å². The topological polar surface area (TPSA) is 75.7 Å². The number of rotatable bonds is 7. The predicted octanol–water partition coefficient (Wildman–Crippen LogP) is 3.76. The van der Waals surface area contributed by atoms with Crippen molar-refractivity contribution in [2.24, 2.45) is 5.92 Å². The molecule has 1 unspecified atom stereocenters. The van der Waals surface area contributed by atoms with E-state index in [-0.39, 0.29) is 28.3 Å². The second-order valence-electron chi connectivity index (χ2n) is 7.17. The first kappa shape index (κ1) is 22.9. The molecule has 0 aromatic heterocycles. The number of amides is 1. The summed E-state index contributed by atoms with van der Waals surface area (Å²) in [6.45, 7) is 1.01. The highest BCUT2D eigenvalue weighted by molar-refractivity contribution is 7.89. The molecular weight excluding hydrogens is 447 g/mol. The van der Waals surface area contributed by atoms with E-state index in [4.69, 9.17) is 27.9 Å². The van der Waals surface area contributed by atoms with E-state index in [2.05, 4.69) is 5.32 Å². The van der Waals surface area contributed by atoms with Crippen LogP contribution in [0.1, 0.15) is 18.4 Å². The van der Waals surface area contributed by atoms with Crippen LogP contribution in [0.2, 0.25) is 10.0 Å². The van der Waals surface area contributed by atoms with Crippen molar-refractivity contribution in [1.29, 1.82) is 0 Å². The summed E-state index contributed by atoms with van der Waals surface area (Å²) in [7, 11) is -2.27. The molecule has 0 saturated carbocycles. The third kappa shape index (κ3) is 5.46. The van der Waals surface area contributed by atoms with Gasteiger partial charge in [0.15, 0.2) is 0 Å². The number of carbonyl (C=O) groups is 1. The lowest BCUT2D eigenvalue weighted by molar-refractivity contribution is -0.126. The molecule has 3 rings (SSSR count). The Morgan fingerprint density at radius 3 is 2.60 bits per heavy atom. The summed E-state index contributed by atoms with van der Waals surface area (Å²) in [5.41, 5.74) is 1.07. The number of hydrogen-bond donors (Lipinski definition) is 1. The number of benzene rings is 2. The lowest BCUT2D eigenvalue weighted by atomic mass is 9.99. The maximum Gasteiger partial charge on any atom is 0.243 e. The minimum atomic E-state index is -3.74. The third-order valence-corrected chi connectivity index (χ3v) is 7.55. The molecule has 1 N–H and O–H groups in total. The van der Waals surface area contributed by atoms with E-state index >= 15 is 0 Å². The first-order chi connectivity index (χ1) is 14.3. The average Bonchev–Trinajstić information content (AvgIpc) is 2.75. The monoisotopic (exact) mass is 470 g/mol. The second-order valence-corrected chi connectivity index (χ2v) is 9.95. The summed E-state index contributed by atoms with van der Waals surface area (Å²) in [6.07, 6.45) is 1.96. The molecule has 1 saturated heterocycles. The average molecular weight is 471 g/mol. The zero-order chi connectivity index (χ0) is 21.7. The van der Waals surface area contributed by atoms with Crippen LogP contribution in [0.5, 0.6) is 5.75 Å². The van der Waals surface area contributed by atoms with E-state index in [0.717, 1.165) is 5.56 Å². The molecule has 1 atom stereocenters. The third-order valence-electron chi connectivity index (χ3n) is 5.14. The molecule has 6 nitrogen and oxygen atoms in total. The van der Waals surface area contributed by atoms with Crippen LogP contribution in [0.25, 0.3) is 0 Å². The lowest BCUT2D eigenvalue weighted by Crippen LogP contribution is -2.45. The van der Waals surface area contributed by atoms with E-state index in [1.165, 1.54) is 29.6 Å². The zero-order valence-electron chi connectivity index (χ0n) is 16.6. The van der Waals surface area contributed by atoms with E-state index in [1.807, 2.05) is 24.3 Å². The minimum Gasteiger partial charge on any atom is -0.495 e. The van der Waals surface area contributed by atoms with E-state index < -0.39 is 10.0 Å². The number of sulfonamides is 1. The van der Waals surface area contributed by atoms with Gasteiger partial charge < -0.3 is 10.1 Å². The number of methoxy groups -OCH3 is 1. The Morgan fingerprint density at radius 2 is 1.93 bits per heavy atom. The first-order valence-electron chi connectivity index (χ1n) is 9.67. The van der Waals surface area contributed by atoms with Crippen LogP contribution in [0.4, 0.5) is 0 Å². The van der Waals surface area contributed by atoms with Gasteiger partial charge in [0, 0.05) is 24.7 Å².